The van der Waals surface area contributed by atoms with Crippen LogP contribution in [0, 0.1) is 0 Å². The Morgan fingerprint density at radius 1 is 1.67 bits per heavy atom. The predicted octanol–water partition coefficient (Wildman–Crippen LogP) is 0.523. The zero-order valence-electron chi connectivity index (χ0n) is 8.99. The smallest absolute Gasteiger partial charge is 0.240 e. The third-order valence-corrected chi connectivity index (χ3v) is 3.04. The second-order valence-corrected chi connectivity index (χ2v) is 4.38. The number of carbonyl (C=O) groups excluding carboxylic acids is 1. The number of hydrogen-bond donors (Lipinski definition) is 2. The van der Waals surface area contributed by atoms with Crippen molar-refractivity contribution in [3.05, 3.63) is 24.0 Å². The van der Waals surface area contributed by atoms with E-state index < -0.39 is 5.54 Å². The highest BCUT2D eigenvalue weighted by Crippen LogP contribution is 2.29. The molecule has 0 aromatic carbocycles. The van der Waals surface area contributed by atoms with Crippen molar-refractivity contribution in [2.24, 2.45) is 12.8 Å². The lowest BCUT2D eigenvalue weighted by molar-refractivity contribution is -0.129. The van der Waals surface area contributed by atoms with Crippen LogP contribution in [0.1, 0.15) is 24.8 Å². The molecule has 3 N–H and O–H groups in total. The van der Waals surface area contributed by atoms with Gasteiger partial charge >= 0.3 is 0 Å². The van der Waals surface area contributed by atoms with Gasteiger partial charge in [-0.15, -0.1) is 0 Å². The van der Waals surface area contributed by atoms with Crippen LogP contribution in [0.3, 0.4) is 0 Å². The Hall–Kier alpha value is -1.29. The van der Waals surface area contributed by atoms with Crippen molar-refractivity contribution in [3.8, 4) is 0 Å². The zero-order valence-corrected chi connectivity index (χ0v) is 8.99. The molecule has 1 aliphatic carbocycles. The lowest BCUT2D eigenvalue weighted by Gasteiger charge is -2.36. The summed E-state index contributed by atoms with van der Waals surface area (Å²) >= 11 is 0. The number of nitrogens with two attached hydrogens (primary N) is 1. The van der Waals surface area contributed by atoms with Crippen molar-refractivity contribution < 1.29 is 4.79 Å². The molecule has 1 aromatic rings. The first-order valence-electron chi connectivity index (χ1n) is 5.28. The van der Waals surface area contributed by atoms with Crippen molar-refractivity contribution in [2.45, 2.75) is 31.3 Å². The van der Waals surface area contributed by atoms with Crippen LogP contribution in [0.4, 0.5) is 0 Å². The van der Waals surface area contributed by atoms with Gasteiger partial charge in [0.2, 0.25) is 5.91 Å². The molecule has 4 heteroatoms. The van der Waals surface area contributed by atoms with Gasteiger partial charge in [-0.25, -0.2) is 0 Å². The highest BCUT2D eigenvalue weighted by atomic mass is 16.2. The summed E-state index contributed by atoms with van der Waals surface area (Å²) in [5, 5.41) is 2.88. The van der Waals surface area contributed by atoms with Crippen molar-refractivity contribution in [1.29, 1.82) is 0 Å². The molecule has 1 aliphatic rings. The number of nitrogens with zero attached hydrogens (tertiary/aromatic N) is 1. The number of rotatable bonds is 3. The van der Waals surface area contributed by atoms with Crippen molar-refractivity contribution in [2.75, 3.05) is 0 Å². The molecule has 0 bridgehead atoms. The SMILES string of the molecule is Cn1ccc(CNC(=O)C2(N)CCC2)c1. The average Bonchev–Trinajstić information content (AvgIpc) is 2.57. The summed E-state index contributed by atoms with van der Waals surface area (Å²) in [6, 6.07) is 1.99. The summed E-state index contributed by atoms with van der Waals surface area (Å²) in [5.74, 6) is -0.0161. The number of hydrogen-bond acceptors (Lipinski definition) is 2. The third-order valence-electron chi connectivity index (χ3n) is 3.04. The molecule has 0 saturated heterocycles. The number of aromatic nitrogens is 1. The van der Waals surface area contributed by atoms with Crippen LogP contribution in [0.2, 0.25) is 0 Å². The number of nitrogens with one attached hydrogen (secondary N) is 1. The Kier molecular flexibility index (Phi) is 2.52. The minimum atomic E-state index is -0.589. The van der Waals surface area contributed by atoms with E-state index in [9.17, 15) is 4.79 Å². The van der Waals surface area contributed by atoms with E-state index in [4.69, 9.17) is 5.73 Å². The molecular formula is C11H17N3O. The third kappa shape index (κ3) is 2.04. The van der Waals surface area contributed by atoms with Crippen LogP contribution in [0.25, 0.3) is 0 Å². The average molecular weight is 207 g/mol. The highest BCUT2D eigenvalue weighted by molar-refractivity contribution is 5.86. The normalized spacial score (nSPS) is 18.3. The van der Waals surface area contributed by atoms with Gasteiger partial charge in [0.15, 0.2) is 0 Å². The maximum Gasteiger partial charge on any atom is 0.240 e. The Balaban J connectivity index is 1.85. The lowest BCUT2D eigenvalue weighted by Crippen LogP contribution is -2.58. The van der Waals surface area contributed by atoms with Crippen molar-refractivity contribution >= 4 is 5.91 Å². The van der Waals surface area contributed by atoms with Gasteiger partial charge in [0, 0.05) is 26.0 Å². The highest BCUT2D eigenvalue weighted by Gasteiger charge is 2.39. The van der Waals surface area contributed by atoms with E-state index in [1.807, 2.05) is 30.1 Å². The van der Waals surface area contributed by atoms with Crippen LogP contribution in [0.5, 0.6) is 0 Å². The van der Waals surface area contributed by atoms with Gasteiger partial charge in [-0.1, -0.05) is 0 Å². The molecule has 1 heterocycles. The second kappa shape index (κ2) is 3.70. The van der Waals surface area contributed by atoms with E-state index in [1.54, 1.807) is 0 Å². The molecular weight excluding hydrogens is 190 g/mol. The Labute approximate surface area is 89.5 Å². The minimum absolute atomic E-state index is 0.0161. The van der Waals surface area contributed by atoms with E-state index in [1.165, 1.54) is 0 Å². The fraction of sp³-hybridized carbons (Fsp3) is 0.545. The maximum absolute atomic E-state index is 11.7. The van der Waals surface area contributed by atoms with Gasteiger partial charge < -0.3 is 15.6 Å². The summed E-state index contributed by atoms with van der Waals surface area (Å²) in [6.45, 7) is 0.568. The molecule has 15 heavy (non-hydrogen) atoms. The van der Waals surface area contributed by atoms with Crippen LogP contribution in [-0.2, 0) is 18.4 Å². The monoisotopic (exact) mass is 207 g/mol. The zero-order chi connectivity index (χ0) is 10.9. The van der Waals surface area contributed by atoms with Crippen LogP contribution < -0.4 is 11.1 Å². The van der Waals surface area contributed by atoms with E-state index in [0.29, 0.717) is 6.54 Å². The Morgan fingerprint density at radius 2 is 2.40 bits per heavy atom. The summed E-state index contributed by atoms with van der Waals surface area (Å²) < 4.78 is 1.96. The Morgan fingerprint density at radius 3 is 2.87 bits per heavy atom. The summed E-state index contributed by atoms with van der Waals surface area (Å²) in [5.41, 5.74) is 6.42. The molecule has 0 aliphatic heterocycles. The first-order valence-corrected chi connectivity index (χ1v) is 5.28. The molecule has 0 radical (unpaired) electrons. The Bertz CT molecular complexity index is 366. The van der Waals surface area contributed by atoms with Crippen LogP contribution in [-0.4, -0.2) is 16.0 Å². The topological polar surface area (TPSA) is 60.0 Å². The first-order chi connectivity index (χ1) is 7.10. The fourth-order valence-electron chi connectivity index (χ4n) is 1.81. The van der Waals surface area contributed by atoms with Gasteiger partial charge in [0.1, 0.15) is 0 Å². The molecule has 1 aromatic heterocycles. The molecule has 82 valence electrons. The second-order valence-electron chi connectivity index (χ2n) is 4.38. The predicted molar refractivity (Wildman–Crippen MR) is 58.0 cm³/mol. The maximum atomic E-state index is 11.7. The van der Waals surface area contributed by atoms with Gasteiger partial charge in [-0.3, -0.25) is 4.79 Å². The van der Waals surface area contributed by atoms with Crippen LogP contribution >= 0.6 is 0 Å². The van der Waals surface area contributed by atoms with E-state index in [0.717, 1.165) is 24.8 Å². The van der Waals surface area contributed by atoms with Crippen molar-refractivity contribution in [1.82, 2.24) is 9.88 Å². The number of amides is 1. The number of carbonyl (C=O) groups is 1. The minimum Gasteiger partial charge on any atom is -0.357 e. The largest absolute Gasteiger partial charge is 0.357 e. The summed E-state index contributed by atoms with van der Waals surface area (Å²) in [7, 11) is 1.96. The quantitative estimate of drug-likeness (QED) is 0.759. The van der Waals surface area contributed by atoms with Crippen molar-refractivity contribution in [3.63, 3.8) is 0 Å². The standard InChI is InChI=1S/C11H17N3O/c1-14-6-3-9(8-14)7-13-10(15)11(12)4-2-5-11/h3,6,8H,2,4-5,7,12H2,1H3,(H,13,15). The van der Waals surface area contributed by atoms with E-state index >= 15 is 0 Å². The van der Waals surface area contributed by atoms with E-state index in [-0.39, 0.29) is 5.91 Å². The molecule has 1 amide bonds. The van der Waals surface area contributed by atoms with Gasteiger partial charge in [-0.2, -0.15) is 0 Å². The molecule has 4 nitrogen and oxygen atoms in total. The van der Waals surface area contributed by atoms with Gasteiger partial charge in [0.25, 0.3) is 0 Å². The van der Waals surface area contributed by atoms with E-state index in [2.05, 4.69) is 5.32 Å². The molecule has 2 rings (SSSR count). The molecule has 1 fully saturated rings. The first kappa shape index (κ1) is 10.2. The van der Waals surface area contributed by atoms with Gasteiger partial charge in [0.05, 0.1) is 5.54 Å². The summed E-state index contributed by atoms with van der Waals surface area (Å²) in [6.07, 6.45) is 6.64. The molecule has 1 saturated carbocycles. The molecule has 0 unspecified atom stereocenters. The molecule has 0 spiro atoms. The molecule has 0 atom stereocenters. The summed E-state index contributed by atoms with van der Waals surface area (Å²) in [4.78, 5) is 11.7. The lowest BCUT2D eigenvalue weighted by atomic mass is 9.77. The number of aryl methyl sites for hydroxylation is 1. The fourth-order valence-corrected chi connectivity index (χ4v) is 1.81. The van der Waals surface area contributed by atoms with Gasteiger partial charge in [-0.05, 0) is 30.9 Å². The van der Waals surface area contributed by atoms with Crippen LogP contribution in [0.15, 0.2) is 18.5 Å².